The minimum atomic E-state index is -4.15. The van der Waals surface area contributed by atoms with E-state index >= 15 is 0 Å². The molecule has 0 aromatic heterocycles. The maximum atomic E-state index is 12.9. The van der Waals surface area contributed by atoms with Gasteiger partial charge in [-0.2, -0.15) is 0 Å². The van der Waals surface area contributed by atoms with Crippen LogP contribution in [0.15, 0.2) is 53.4 Å². The molecule has 0 spiro atoms. The quantitative estimate of drug-likeness (QED) is 0.628. The van der Waals surface area contributed by atoms with Gasteiger partial charge in [-0.05, 0) is 37.6 Å². The maximum absolute atomic E-state index is 12.9. The van der Waals surface area contributed by atoms with Crippen molar-refractivity contribution in [2.45, 2.75) is 24.2 Å². The molecule has 24 heavy (non-hydrogen) atoms. The molecule has 0 fully saturated rings. The molecule has 8 heteroatoms. The number of nitrogens with zero attached hydrogens (tertiary/aromatic N) is 2. The summed E-state index contributed by atoms with van der Waals surface area (Å²) in [5, 5.41) is 10.7. The number of carbonyl (C=O) groups excluding carboxylic acids is 1. The van der Waals surface area contributed by atoms with E-state index in [0.29, 0.717) is 11.3 Å². The fourth-order valence-corrected chi connectivity index (χ4v) is 4.30. The normalized spacial score (nSPS) is 16.1. The summed E-state index contributed by atoms with van der Waals surface area (Å²) in [4.78, 5) is 22.6. The van der Waals surface area contributed by atoms with Crippen LogP contribution in [-0.4, -0.2) is 19.2 Å². The molecule has 0 saturated carbocycles. The number of fused-ring (bicyclic) bond motifs is 1. The summed E-state index contributed by atoms with van der Waals surface area (Å²) in [5.41, 5.74) is -0.251. The average Bonchev–Trinajstić information content (AvgIpc) is 2.75. The van der Waals surface area contributed by atoms with Crippen molar-refractivity contribution in [3.05, 3.63) is 64.2 Å². The Labute approximate surface area is 138 Å². The zero-order chi connectivity index (χ0) is 17.7. The monoisotopic (exact) mass is 346 g/mol. The fraction of sp³-hybridized carbons (Fsp3) is 0.188. The van der Waals surface area contributed by atoms with Crippen LogP contribution in [0, 0.1) is 10.1 Å². The smallest absolute Gasteiger partial charge is 0.270 e. The van der Waals surface area contributed by atoms with E-state index in [1.165, 1.54) is 0 Å². The number of para-hydroxylation sites is 1. The van der Waals surface area contributed by atoms with Crippen LogP contribution in [0.1, 0.15) is 19.4 Å². The average molecular weight is 346 g/mol. The Bertz CT molecular complexity index is 949. The van der Waals surface area contributed by atoms with Gasteiger partial charge in [0.15, 0.2) is 0 Å². The van der Waals surface area contributed by atoms with Crippen molar-refractivity contribution in [1.29, 1.82) is 0 Å². The zero-order valence-electron chi connectivity index (χ0n) is 13.0. The molecular formula is C16H14N2O5S. The predicted molar refractivity (Wildman–Crippen MR) is 87.2 cm³/mol. The summed E-state index contributed by atoms with van der Waals surface area (Å²) in [7, 11) is -4.15. The van der Waals surface area contributed by atoms with E-state index in [1.54, 1.807) is 38.1 Å². The number of hydrogen-bond donors (Lipinski definition) is 0. The molecule has 0 unspecified atom stereocenters. The Hall–Kier alpha value is -2.74. The van der Waals surface area contributed by atoms with E-state index in [1.807, 2.05) is 0 Å². The lowest BCUT2D eigenvalue weighted by atomic mass is 9.86. The zero-order valence-corrected chi connectivity index (χ0v) is 13.8. The third-order valence-electron chi connectivity index (χ3n) is 4.10. The van der Waals surface area contributed by atoms with Crippen molar-refractivity contribution in [3.8, 4) is 0 Å². The SMILES string of the molecule is CC1(C)C(=O)N(S(=O)(=O)c2ccc([N+](=O)[O-])cc2)c2ccccc21. The minimum Gasteiger partial charge on any atom is -0.272 e. The molecular weight excluding hydrogens is 332 g/mol. The van der Waals surface area contributed by atoms with Gasteiger partial charge in [0.25, 0.3) is 21.6 Å². The van der Waals surface area contributed by atoms with Crippen molar-refractivity contribution in [3.63, 3.8) is 0 Å². The Kier molecular flexibility index (Phi) is 3.45. The first-order chi connectivity index (χ1) is 11.2. The van der Waals surface area contributed by atoms with Crippen molar-refractivity contribution >= 4 is 27.3 Å². The number of carbonyl (C=O) groups is 1. The third-order valence-corrected chi connectivity index (χ3v) is 5.81. The number of nitro benzene ring substituents is 1. The lowest BCUT2D eigenvalue weighted by molar-refractivity contribution is -0.384. The number of nitro groups is 1. The van der Waals surface area contributed by atoms with Gasteiger partial charge >= 0.3 is 0 Å². The molecule has 7 nitrogen and oxygen atoms in total. The van der Waals surface area contributed by atoms with Gasteiger partial charge in [0, 0.05) is 12.1 Å². The molecule has 1 aliphatic heterocycles. The van der Waals surface area contributed by atoms with Gasteiger partial charge in [0.05, 0.1) is 20.9 Å². The Balaban J connectivity index is 2.14. The van der Waals surface area contributed by atoms with Crippen LogP contribution in [0.3, 0.4) is 0 Å². The summed E-state index contributed by atoms with van der Waals surface area (Å²) in [6.07, 6.45) is 0. The molecule has 2 aromatic rings. The molecule has 1 aliphatic rings. The molecule has 124 valence electrons. The number of anilines is 1. The molecule has 0 bridgehead atoms. The third kappa shape index (κ3) is 2.18. The highest BCUT2D eigenvalue weighted by Crippen LogP contribution is 2.43. The molecule has 0 radical (unpaired) electrons. The molecule has 3 rings (SSSR count). The van der Waals surface area contributed by atoms with E-state index in [9.17, 15) is 23.3 Å². The van der Waals surface area contributed by atoms with Gasteiger partial charge in [-0.25, -0.2) is 12.7 Å². The molecule has 2 aromatic carbocycles. The Morgan fingerprint density at radius 3 is 2.21 bits per heavy atom. The standard InChI is InChI=1S/C16H14N2O5S/c1-16(2)13-5-3-4-6-14(13)17(15(16)19)24(22,23)12-9-7-11(8-10-12)18(20)21/h3-10H,1-2H3. The molecule has 0 aliphatic carbocycles. The maximum Gasteiger partial charge on any atom is 0.270 e. The highest BCUT2D eigenvalue weighted by Gasteiger charge is 2.49. The number of amides is 1. The van der Waals surface area contributed by atoms with Gasteiger partial charge in [-0.15, -0.1) is 0 Å². The summed E-state index contributed by atoms with van der Waals surface area (Å²) in [5.74, 6) is -0.554. The number of hydrogen-bond acceptors (Lipinski definition) is 5. The van der Waals surface area contributed by atoms with Crippen molar-refractivity contribution in [1.82, 2.24) is 0 Å². The van der Waals surface area contributed by atoms with Crippen LogP contribution >= 0.6 is 0 Å². The fourth-order valence-electron chi connectivity index (χ4n) is 2.74. The first kappa shape index (κ1) is 16.1. The molecule has 0 atom stereocenters. The van der Waals surface area contributed by atoms with E-state index in [0.717, 1.165) is 28.6 Å². The lowest BCUT2D eigenvalue weighted by Gasteiger charge is -2.20. The van der Waals surface area contributed by atoms with Crippen LogP contribution in [-0.2, 0) is 20.2 Å². The van der Waals surface area contributed by atoms with E-state index < -0.39 is 26.3 Å². The van der Waals surface area contributed by atoms with Crippen molar-refractivity contribution < 1.29 is 18.1 Å². The largest absolute Gasteiger partial charge is 0.272 e. The van der Waals surface area contributed by atoms with Crippen LogP contribution in [0.4, 0.5) is 11.4 Å². The highest BCUT2D eigenvalue weighted by molar-refractivity contribution is 7.93. The second-order valence-corrected chi connectivity index (χ2v) is 7.75. The van der Waals surface area contributed by atoms with Gasteiger partial charge in [-0.1, -0.05) is 18.2 Å². The first-order valence-corrected chi connectivity index (χ1v) is 8.55. The summed E-state index contributed by atoms with van der Waals surface area (Å²) < 4.78 is 26.6. The minimum absolute atomic E-state index is 0.172. The van der Waals surface area contributed by atoms with E-state index in [4.69, 9.17) is 0 Å². The van der Waals surface area contributed by atoms with Crippen LogP contribution < -0.4 is 4.31 Å². The summed E-state index contributed by atoms with van der Waals surface area (Å²) in [6, 6.07) is 11.2. The first-order valence-electron chi connectivity index (χ1n) is 7.11. The van der Waals surface area contributed by atoms with Crippen LogP contribution in [0.5, 0.6) is 0 Å². The van der Waals surface area contributed by atoms with Crippen LogP contribution in [0.2, 0.25) is 0 Å². The molecule has 0 N–H and O–H groups in total. The summed E-state index contributed by atoms with van der Waals surface area (Å²) in [6.45, 7) is 3.33. The topological polar surface area (TPSA) is 97.6 Å². The Morgan fingerprint density at radius 2 is 1.62 bits per heavy atom. The molecule has 0 saturated heterocycles. The number of benzene rings is 2. The van der Waals surface area contributed by atoms with Crippen molar-refractivity contribution in [2.75, 3.05) is 4.31 Å². The predicted octanol–water partition coefficient (Wildman–Crippen LogP) is 2.61. The van der Waals surface area contributed by atoms with E-state index in [2.05, 4.69) is 0 Å². The van der Waals surface area contributed by atoms with Crippen LogP contribution in [0.25, 0.3) is 0 Å². The molecule has 1 heterocycles. The summed E-state index contributed by atoms with van der Waals surface area (Å²) >= 11 is 0. The second-order valence-electron chi connectivity index (χ2n) is 5.97. The van der Waals surface area contributed by atoms with Gasteiger partial charge in [-0.3, -0.25) is 14.9 Å². The number of rotatable bonds is 3. The lowest BCUT2D eigenvalue weighted by Crippen LogP contribution is -2.40. The Morgan fingerprint density at radius 1 is 1.04 bits per heavy atom. The van der Waals surface area contributed by atoms with E-state index in [-0.39, 0.29) is 10.6 Å². The molecule has 1 amide bonds. The highest BCUT2D eigenvalue weighted by atomic mass is 32.2. The number of sulfonamides is 1. The van der Waals surface area contributed by atoms with Crippen molar-refractivity contribution in [2.24, 2.45) is 0 Å². The second kappa shape index (κ2) is 5.13. The number of non-ortho nitro benzene ring substituents is 1. The van der Waals surface area contributed by atoms with Gasteiger partial charge in [0.1, 0.15) is 0 Å². The van der Waals surface area contributed by atoms with Gasteiger partial charge in [0.2, 0.25) is 0 Å². The van der Waals surface area contributed by atoms with Gasteiger partial charge < -0.3 is 0 Å².